The number of rotatable bonds is 4. The molecule has 0 saturated carbocycles. The van der Waals surface area contributed by atoms with Gasteiger partial charge in [-0.3, -0.25) is 9.89 Å². The van der Waals surface area contributed by atoms with E-state index in [1.165, 1.54) is 11.1 Å². The van der Waals surface area contributed by atoms with Gasteiger partial charge in [0.05, 0.1) is 11.6 Å². The number of nitrogens with zero attached hydrogens (tertiary/aromatic N) is 2. The van der Waals surface area contributed by atoms with Crippen LogP contribution in [-0.2, 0) is 4.79 Å². The van der Waals surface area contributed by atoms with Crippen LogP contribution in [0.3, 0.4) is 0 Å². The molecular formula is C23H27N3O. The van der Waals surface area contributed by atoms with E-state index >= 15 is 0 Å². The van der Waals surface area contributed by atoms with Gasteiger partial charge in [-0.15, -0.1) is 0 Å². The first-order valence-corrected chi connectivity index (χ1v) is 9.52. The third kappa shape index (κ3) is 3.16. The van der Waals surface area contributed by atoms with Crippen LogP contribution in [0.1, 0.15) is 34.0 Å². The van der Waals surface area contributed by atoms with Gasteiger partial charge in [-0.05, 0) is 55.9 Å². The lowest BCUT2D eigenvalue weighted by Crippen LogP contribution is -2.36. The summed E-state index contributed by atoms with van der Waals surface area (Å²) in [6.07, 6.45) is 13.3. The second kappa shape index (κ2) is 7.03. The lowest BCUT2D eigenvalue weighted by molar-refractivity contribution is -0.126. The van der Waals surface area contributed by atoms with Gasteiger partial charge >= 0.3 is 0 Å². The predicted octanol–water partition coefficient (Wildman–Crippen LogP) is 5.29. The second-order valence-electron chi connectivity index (χ2n) is 7.60. The lowest BCUT2D eigenvalue weighted by Gasteiger charge is -2.33. The van der Waals surface area contributed by atoms with E-state index in [9.17, 15) is 4.79 Å². The Kier molecular flexibility index (Phi) is 4.56. The zero-order valence-electron chi connectivity index (χ0n) is 15.7. The first kappa shape index (κ1) is 17.5. The SMILES string of the molecule is C=C/C=C\C1=C(C)CCC2(CCN(c3ccc(-c4cn[nH]c4)cc3)C2=O)C1.[HH]. The van der Waals surface area contributed by atoms with E-state index in [0.717, 1.165) is 49.0 Å². The summed E-state index contributed by atoms with van der Waals surface area (Å²) in [6, 6.07) is 8.20. The highest BCUT2D eigenvalue weighted by Crippen LogP contribution is 2.48. The van der Waals surface area contributed by atoms with Crippen LogP contribution in [-0.4, -0.2) is 22.6 Å². The fourth-order valence-electron chi connectivity index (χ4n) is 4.28. The molecule has 1 atom stereocenters. The Labute approximate surface area is 161 Å². The number of allylic oxidation sites excluding steroid dienone is 5. The third-order valence-electron chi connectivity index (χ3n) is 6.01. The summed E-state index contributed by atoms with van der Waals surface area (Å²) < 4.78 is 0. The average molecular weight is 361 g/mol. The van der Waals surface area contributed by atoms with Crippen molar-refractivity contribution >= 4 is 11.6 Å². The van der Waals surface area contributed by atoms with Gasteiger partial charge < -0.3 is 4.90 Å². The van der Waals surface area contributed by atoms with Crippen molar-refractivity contribution in [1.29, 1.82) is 0 Å². The van der Waals surface area contributed by atoms with Gasteiger partial charge in [0.2, 0.25) is 5.91 Å². The fraction of sp³-hybridized carbons (Fsp3) is 0.304. The standard InChI is InChI=1S/C23H25N3O.H2/c1-3-4-5-19-14-23(11-10-17(19)2)12-13-26(22(23)27)21-8-6-18(7-9-21)20-15-24-25-16-20;/h3-9,15-16H,1,10-14H2,2H3,(H,24,25);1H/b5-4-;. The molecule has 1 aliphatic heterocycles. The Balaban J connectivity index is 0.00000225. The first-order chi connectivity index (χ1) is 13.1. The van der Waals surface area contributed by atoms with Crippen LogP contribution in [0.5, 0.6) is 0 Å². The minimum atomic E-state index is -0.246. The molecule has 2 heterocycles. The van der Waals surface area contributed by atoms with E-state index in [0.29, 0.717) is 0 Å². The van der Waals surface area contributed by atoms with Crippen molar-refractivity contribution in [3.8, 4) is 11.1 Å². The van der Waals surface area contributed by atoms with E-state index in [2.05, 4.69) is 41.9 Å². The predicted molar refractivity (Wildman–Crippen MR) is 111 cm³/mol. The van der Waals surface area contributed by atoms with E-state index < -0.39 is 0 Å². The summed E-state index contributed by atoms with van der Waals surface area (Å²) in [4.78, 5) is 15.3. The van der Waals surface area contributed by atoms with Crippen LogP contribution in [0.25, 0.3) is 11.1 Å². The first-order valence-electron chi connectivity index (χ1n) is 9.52. The lowest BCUT2D eigenvalue weighted by atomic mass is 9.70. The highest BCUT2D eigenvalue weighted by atomic mass is 16.2. The van der Waals surface area contributed by atoms with Gasteiger partial charge in [-0.1, -0.05) is 42.5 Å². The molecule has 1 spiro atoms. The Morgan fingerprint density at radius 2 is 2.07 bits per heavy atom. The summed E-state index contributed by atoms with van der Waals surface area (Å²) in [5.41, 5.74) is 5.59. The molecule has 1 amide bonds. The van der Waals surface area contributed by atoms with Crippen molar-refractivity contribution in [3.63, 3.8) is 0 Å². The molecule has 2 aromatic rings. The number of anilines is 1. The molecule has 27 heavy (non-hydrogen) atoms. The molecule has 1 N–H and O–H groups in total. The quantitative estimate of drug-likeness (QED) is 0.752. The largest absolute Gasteiger partial charge is 0.312 e. The van der Waals surface area contributed by atoms with Gasteiger partial charge in [0.1, 0.15) is 0 Å². The van der Waals surface area contributed by atoms with Crippen molar-refractivity contribution in [1.82, 2.24) is 10.2 Å². The molecule has 4 heteroatoms. The van der Waals surface area contributed by atoms with E-state index in [4.69, 9.17) is 0 Å². The normalized spacial score (nSPS) is 23.0. The van der Waals surface area contributed by atoms with Crippen molar-refractivity contribution in [3.05, 3.63) is 72.6 Å². The number of hydrogen-bond donors (Lipinski definition) is 1. The van der Waals surface area contributed by atoms with Crippen LogP contribution in [0.2, 0.25) is 0 Å². The number of carbonyl (C=O) groups is 1. The average Bonchev–Trinajstić information content (AvgIpc) is 3.33. The summed E-state index contributed by atoms with van der Waals surface area (Å²) in [7, 11) is 0. The highest BCUT2D eigenvalue weighted by Gasteiger charge is 2.48. The maximum atomic E-state index is 13.4. The number of benzene rings is 1. The van der Waals surface area contributed by atoms with Crippen LogP contribution in [0.4, 0.5) is 5.69 Å². The zero-order chi connectivity index (χ0) is 18.9. The molecule has 1 fully saturated rings. The second-order valence-corrected chi connectivity index (χ2v) is 7.60. The molecule has 1 saturated heterocycles. The van der Waals surface area contributed by atoms with Gasteiger partial charge in [-0.2, -0.15) is 5.10 Å². The van der Waals surface area contributed by atoms with Gasteiger partial charge in [-0.25, -0.2) is 0 Å². The molecular weight excluding hydrogens is 334 g/mol. The smallest absolute Gasteiger partial charge is 0.233 e. The molecule has 140 valence electrons. The van der Waals surface area contributed by atoms with Crippen LogP contribution in [0, 0.1) is 5.41 Å². The van der Waals surface area contributed by atoms with Crippen LogP contribution in [0.15, 0.2) is 72.6 Å². The van der Waals surface area contributed by atoms with Crippen molar-refractivity contribution in [2.45, 2.75) is 32.6 Å². The summed E-state index contributed by atoms with van der Waals surface area (Å²) >= 11 is 0. The molecule has 1 aliphatic carbocycles. The van der Waals surface area contributed by atoms with Crippen molar-refractivity contribution in [2.24, 2.45) is 5.41 Å². The van der Waals surface area contributed by atoms with E-state index in [-0.39, 0.29) is 12.7 Å². The zero-order valence-corrected chi connectivity index (χ0v) is 15.7. The number of nitrogens with one attached hydrogen (secondary N) is 1. The number of carbonyl (C=O) groups excluding carboxylic acids is 1. The molecule has 0 radical (unpaired) electrons. The maximum absolute atomic E-state index is 13.4. The van der Waals surface area contributed by atoms with Crippen LogP contribution >= 0.6 is 0 Å². The van der Waals surface area contributed by atoms with Gasteiger partial charge in [0.25, 0.3) is 0 Å². The minimum Gasteiger partial charge on any atom is -0.312 e. The molecule has 4 nitrogen and oxygen atoms in total. The Hall–Kier alpha value is -2.88. The number of H-pyrrole nitrogens is 1. The summed E-state index contributed by atoms with van der Waals surface area (Å²) in [5, 5.41) is 6.83. The maximum Gasteiger partial charge on any atom is 0.233 e. The Morgan fingerprint density at radius 1 is 1.26 bits per heavy atom. The van der Waals surface area contributed by atoms with E-state index in [1.807, 2.05) is 29.3 Å². The summed E-state index contributed by atoms with van der Waals surface area (Å²) in [5.74, 6) is 0.274. The Bertz CT molecular complexity index is 912. The monoisotopic (exact) mass is 361 g/mol. The fourth-order valence-corrected chi connectivity index (χ4v) is 4.28. The molecule has 4 rings (SSSR count). The molecule has 1 aromatic heterocycles. The van der Waals surface area contributed by atoms with Crippen LogP contribution < -0.4 is 4.90 Å². The summed E-state index contributed by atoms with van der Waals surface area (Å²) in [6.45, 7) is 6.74. The third-order valence-corrected chi connectivity index (χ3v) is 6.01. The highest BCUT2D eigenvalue weighted by molar-refractivity contribution is 6.00. The van der Waals surface area contributed by atoms with Gasteiger partial charge in [0.15, 0.2) is 0 Å². The van der Waals surface area contributed by atoms with Crippen molar-refractivity contribution in [2.75, 3.05) is 11.4 Å². The molecule has 0 bridgehead atoms. The molecule has 1 unspecified atom stereocenters. The number of amides is 1. The van der Waals surface area contributed by atoms with Gasteiger partial charge in [0, 0.05) is 25.4 Å². The number of aromatic nitrogens is 2. The van der Waals surface area contributed by atoms with E-state index in [1.54, 1.807) is 12.3 Å². The Morgan fingerprint density at radius 3 is 2.78 bits per heavy atom. The number of aromatic amines is 1. The molecule has 2 aliphatic rings. The molecule has 1 aromatic carbocycles. The number of hydrogen-bond acceptors (Lipinski definition) is 2. The van der Waals surface area contributed by atoms with Crippen molar-refractivity contribution < 1.29 is 6.22 Å². The topological polar surface area (TPSA) is 49.0 Å². The minimum absolute atomic E-state index is 0.